The minimum Gasteiger partial charge on any atom is -0.490 e. The number of nitrogen functional groups attached to an aromatic ring is 1. The molecule has 0 spiro atoms. The standard InChI is InChI=1S/C17H19BrN2O3/c1-3-22-15-9-13(17(21)20-19)8-14(18)16(15)23-10-12-6-4-11(2)5-7-12/h4-9H,3,10,19H2,1-2H3,(H,20,21). The Morgan fingerprint density at radius 1 is 1.22 bits per heavy atom. The number of halogens is 1. The van der Waals surface area contributed by atoms with E-state index in [1.165, 1.54) is 5.56 Å². The molecule has 0 atom stereocenters. The van der Waals surface area contributed by atoms with Gasteiger partial charge in [-0.1, -0.05) is 29.8 Å². The summed E-state index contributed by atoms with van der Waals surface area (Å²) in [6.45, 7) is 4.77. The molecule has 23 heavy (non-hydrogen) atoms. The number of amides is 1. The number of hydrazine groups is 1. The van der Waals surface area contributed by atoms with Crippen LogP contribution < -0.4 is 20.7 Å². The number of carbonyl (C=O) groups is 1. The van der Waals surface area contributed by atoms with Crippen LogP contribution in [-0.2, 0) is 6.61 Å². The first-order valence-corrected chi connectivity index (χ1v) is 8.00. The van der Waals surface area contributed by atoms with E-state index in [4.69, 9.17) is 15.3 Å². The highest BCUT2D eigenvalue weighted by Crippen LogP contribution is 2.37. The van der Waals surface area contributed by atoms with Crippen LogP contribution in [0.5, 0.6) is 11.5 Å². The van der Waals surface area contributed by atoms with Gasteiger partial charge in [0.1, 0.15) is 6.61 Å². The van der Waals surface area contributed by atoms with E-state index >= 15 is 0 Å². The van der Waals surface area contributed by atoms with Crippen LogP contribution in [0.15, 0.2) is 40.9 Å². The lowest BCUT2D eigenvalue weighted by molar-refractivity contribution is 0.0953. The molecule has 0 unspecified atom stereocenters. The summed E-state index contributed by atoms with van der Waals surface area (Å²) in [4.78, 5) is 11.7. The van der Waals surface area contributed by atoms with Crippen molar-refractivity contribution >= 4 is 21.8 Å². The summed E-state index contributed by atoms with van der Waals surface area (Å²) in [5.74, 6) is 5.83. The van der Waals surface area contributed by atoms with Crippen molar-refractivity contribution in [1.82, 2.24) is 5.43 Å². The molecule has 2 rings (SSSR count). The third-order valence-electron chi connectivity index (χ3n) is 3.21. The lowest BCUT2D eigenvalue weighted by Gasteiger charge is -2.15. The molecule has 5 nitrogen and oxygen atoms in total. The average molecular weight is 379 g/mol. The number of hydrogen-bond donors (Lipinski definition) is 2. The van der Waals surface area contributed by atoms with Crippen molar-refractivity contribution in [2.24, 2.45) is 5.84 Å². The van der Waals surface area contributed by atoms with Gasteiger partial charge in [0, 0.05) is 5.56 Å². The molecular formula is C17H19BrN2O3. The maximum atomic E-state index is 11.7. The summed E-state index contributed by atoms with van der Waals surface area (Å²) in [6, 6.07) is 11.4. The third-order valence-corrected chi connectivity index (χ3v) is 3.80. The molecule has 6 heteroatoms. The topological polar surface area (TPSA) is 73.6 Å². The Bertz CT molecular complexity index is 687. The van der Waals surface area contributed by atoms with Crippen molar-refractivity contribution in [2.75, 3.05) is 6.61 Å². The van der Waals surface area contributed by atoms with Crippen LogP contribution in [0.2, 0.25) is 0 Å². The third kappa shape index (κ3) is 4.46. The summed E-state index contributed by atoms with van der Waals surface area (Å²) >= 11 is 3.42. The van der Waals surface area contributed by atoms with E-state index in [0.717, 1.165) is 5.56 Å². The first-order chi connectivity index (χ1) is 11.0. The van der Waals surface area contributed by atoms with Crippen molar-refractivity contribution in [3.05, 3.63) is 57.6 Å². The molecule has 0 heterocycles. The molecule has 0 fully saturated rings. The second kappa shape index (κ2) is 7.99. The molecule has 0 aliphatic rings. The van der Waals surface area contributed by atoms with Crippen molar-refractivity contribution in [3.8, 4) is 11.5 Å². The highest BCUT2D eigenvalue weighted by Gasteiger charge is 2.15. The zero-order chi connectivity index (χ0) is 16.8. The van der Waals surface area contributed by atoms with Crippen LogP contribution in [-0.4, -0.2) is 12.5 Å². The Morgan fingerprint density at radius 3 is 2.52 bits per heavy atom. The van der Waals surface area contributed by atoms with Crippen LogP contribution in [0.3, 0.4) is 0 Å². The molecule has 2 aromatic rings. The number of carbonyl (C=O) groups excluding carboxylic acids is 1. The normalized spacial score (nSPS) is 10.3. The SMILES string of the molecule is CCOc1cc(C(=O)NN)cc(Br)c1OCc1ccc(C)cc1. The zero-order valence-corrected chi connectivity index (χ0v) is 14.6. The second-order valence-electron chi connectivity index (χ2n) is 4.97. The van der Waals surface area contributed by atoms with Gasteiger partial charge in [0.15, 0.2) is 11.5 Å². The molecule has 0 aliphatic heterocycles. The Hall–Kier alpha value is -2.05. The molecular weight excluding hydrogens is 360 g/mol. The average Bonchev–Trinajstić information content (AvgIpc) is 2.55. The molecule has 0 radical (unpaired) electrons. The number of benzene rings is 2. The first kappa shape index (κ1) is 17.3. The van der Waals surface area contributed by atoms with E-state index in [-0.39, 0.29) is 0 Å². The lowest BCUT2D eigenvalue weighted by Crippen LogP contribution is -2.30. The number of rotatable bonds is 6. The van der Waals surface area contributed by atoms with E-state index in [0.29, 0.717) is 34.7 Å². The van der Waals surface area contributed by atoms with Gasteiger partial charge in [-0.2, -0.15) is 0 Å². The number of aryl methyl sites for hydroxylation is 1. The van der Waals surface area contributed by atoms with E-state index < -0.39 is 5.91 Å². The van der Waals surface area contributed by atoms with Crippen molar-refractivity contribution in [3.63, 3.8) is 0 Å². The van der Waals surface area contributed by atoms with E-state index in [9.17, 15) is 4.79 Å². The fraction of sp³-hybridized carbons (Fsp3) is 0.235. The summed E-state index contributed by atoms with van der Waals surface area (Å²) in [6.07, 6.45) is 0. The van der Waals surface area contributed by atoms with Crippen LogP contribution >= 0.6 is 15.9 Å². The minimum absolute atomic E-state index is 0.392. The Balaban J connectivity index is 2.25. The first-order valence-electron chi connectivity index (χ1n) is 7.20. The molecule has 0 saturated carbocycles. The molecule has 2 aromatic carbocycles. The number of ether oxygens (including phenoxy) is 2. The largest absolute Gasteiger partial charge is 0.490 e. The van der Waals surface area contributed by atoms with Gasteiger partial charge in [0.25, 0.3) is 5.91 Å². The minimum atomic E-state index is -0.392. The maximum absolute atomic E-state index is 11.7. The van der Waals surface area contributed by atoms with Gasteiger partial charge in [-0.15, -0.1) is 0 Å². The number of nitrogens with one attached hydrogen (secondary N) is 1. The van der Waals surface area contributed by atoms with Gasteiger partial charge in [-0.05, 0) is 47.5 Å². The molecule has 1 amide bonds. The van der Waals surface area contributed by atoms with Crippen molar-refractivity contribution in [2.45, 2.75) is 20.5 Å². The molecule has 0 bridgehead atoms. The van der Waals surface area contributed by atoms with Crippen molar-refractivity contribution in [1.29, 1.82) is 0 Å². The fourth-order valence-corrected chi connectivity index (χ4v) is 2.58. The summed E-state index contributed by atoms with van der Waals surface area (Å²) in [7, 11) is 0. The van der Waals surface area contributed by atoms with E-state index in [1.807, 2.05) is 38.1 Å². The zero-order valence-electron chi connectivity index (χ0n) is 13.1. The van der Waals surface area contributed by atoms with Crippen LogP contribution in [0.1, 0.15) is 28.4 Å². The number of hydrogen-bond acceptors (Lipinski definition) is 4. The summed E-state index contributed by atoms with van der Waals surface area (Å²) in [5.41, 5.74) is 4.74. The summed E-state index contributed by atoms with van der Waals surface area (Å²) in [5, 5.41) is 0. The predicted octanol–water partition coefficient (Wildman–Crippen LogP) is 3.34. The highest BCUT2D eigenvalue weighted by molar-refractivity contribution is 9.10. The Morgan fingerprint density at radius 2 is 1.91 bits per heavy atom. The Labute approximate surface area is 143 Å². The van der Waals surface area contributed by atoms with Gasteiger partial charge >= 0.3 is 0 Å². The molecule has 0 aliphatic carbocycles. The quantitative estimate of drug-likeness (QED) is 0.459. The summed E-state index contributed by atoms with van der Waals surface area (Å²) < 4.78 is 12.1. The van der Waals surface area contributed by atoms with Gasteiger partial charge in [0.05, 0.1) is 11.1 Å². The predicted molar refractivity (Wildman–Crippen MR) is 92.5 cm³/mol. The molecule has 122 valence electrons. The van der Waals surface area contributed by atoms with Crippen LogP contribution in [0.25, 0.3) is 0 Å². The second-order valence-corrected chi connectivity index (χ2v) is 5.82. The van der Waals surface area contributed by atoms with Gasteiger partial charge in [-0.3, -0.25) is 10.2 Å². The van der Waals surface area contributed by atoms with Gasteiger partial charge in [0.2, 0.25) is 0 Å². The van der Waals surface area contributed by atoms with E-state index in [2.05, 4.69) is 21.4 Å². The van der Waals surface area contributed by atoms with Crippen LogP contribution in [0, 0.1) is 6.92 Å². The fourth-order valence-electron chi connectivity index (χ4n) is 2.03. The highest BCUT2D eigenvalue weighted by atomic mass is 79.9. The number of nitrogens with two attached hydrogens (primary N) is 1. The van der Waals surface area contributed by atoms with Gasteiger partial charge in [-0.25, -0.2) is 5.84 Å². The molecule has 0 saturated heterocycles. The monoisotopic (exact) mass is 378 g/mol. The smallest absolute Gasteiger partial charge is 0.265 e. The van der Waals surface area contributed by atoms with Crippen molar-refractivity contribution < 1.29 is 14.3 Å². The Kier molecular flexibility index (Phi) is 6.01. The maximum Gasteiger partial charge on any atom is 0.265 e. The van der Waals surface area contributed by atoms with Crippen LogP contribution in [0.4, 0.5) is 0 Å². The molecule has 0 aromatic heterocycles. The van der Waals surface area contributed by atoms with Gasteiger partial charge < -0.3 is 9.47 Å². The van der Waals surface area contributed by atoms with E-state index in [1.54, 1.807) is 12.1 Å². The lowest BCUT2D eigenvalue weighted by atomic mass is 10.1. The molecule has 3 N–H and O–H groups in total.